The number of hydrogen-bond acceptors (Lipinski definition) is 0. The van der Waals surface area contributed by atoms with Crippen molar-refractivity contribution in [3.8, 4) is 0 Å². The SMILES string of the molecule is C/C=C(/F)CCc1ccc2cc(C3CCC4CC(CCCCC)CCC4C3)ccc2c1. The van der Waals surface area contributed by atoms with E-state index in [0.717, 1.165) is 30.1 Å². The normalized spacial score (nSPS) is 26.7. The first kappa shape index (κ1) is 22.6. The van der Waals surface area contributed by atoms with Crippen LogP contribution in [0.25, 0.3) is 10.8 Å². The molecule has 4 rings (SSSR count). The first-order valence-corrected chi connectivity index (χ1v) is 13.0. The predicted octanol–water partition coefficient (Wildman–Crippen LogP) is 9.53. The maximum Gasteiger partial charge on any atom is 0.0960 e. The number of unbranched alkanes of at least 4 members (excludes halogenated alkanes) is 2. The van der Waals surface area contributed by atoms with Crippen molar-refractivity contribution < 1.29 is 4.39 Å². The maximum absolute atomic E-state index is 13.5. The average Bonchev–Trinajstić information content (AvgIpc) is 2.81. The monoisotopic (exact) mass is 420 g/mol. The number of halogens is 1. The van der Waals surface area contributed by atoms with Gasteiger partial charge in [-0.25, -0.2) is 4.39 Å². The average molecular weight is 421 g/mol. The van der Waals surface area contributed by atoms with Crippen LogP contribution in [0.1, 0.15) is 102 Å². The Kier molecular flexibility index (Phi) is 7.86. The van der Waals surface area contributed by atoms with Gasteiger partial charge in [0.05, 0.1) is 5.83 Å². The summed E-state index contributed by atoms with van der Waals surface area (Å²) < 4.78 is 13.5. The quantitative estimate of drug-likeness (QED) is 0.373. The van der Waals surface area contributed by atoms with Crippen LogP contribution in [0.4, 0.5) is 4.39 Å². The van der Waals surface area contributed by atoms with Crippen molar-refractivity contribution in [3.05, 3.63) is 59.4 Å². The molecule has 0 spiro atoms. The standard InChI is InChI=1S/C30H41F/c1-3-5-6-7-22-8-11-26-20-28(15-13-24(26)18-22)29-16-14-25-19-23(9-12-27(25)21-29)10-17-30(31)4-2/h4,9,12,14,16,19,21-22,24,26,28H,3,5-8,10-11,13,15,17-18,20H2,1-2H3/b30-4+. The number of benzene rings is 2. The number of aryl methyl sites for hydroxylation is 1. The van der Waals surface area contributed by atoms with Crippen LogP contribution in [0, 0.1) is 17.8 Å². The van der Waals surface area contributed by atoms with E-state index >= 15 is 0 Å². The summed E-state index contributed by atoms with van der Waals surface area (Å²) in [4.78, 5) is 0. The van der Waals surface area contributed by atoms with Crippen molar-refractivity contribution >= 4 is 10.8 Å². The van der Waals surface area contributed by atoms with E-state index in [4.69, 9.17) is 0 Å². The van der Waals surface area contributed by atoms with Crippen LogP contribution in [0.15, 0.2) is 48.3 Å². The van der Waals surface area contributed by atoms with Crippen LogP contribution < -0.4 is 0 Å². The molecule has 2 saturated carbocycles. The molecule has 1 heteroatoms. The summed E-state index contributed by atoms with van der Waals surface area (Å²) >= 11 is 0. The molecule has 0 amide bonds. The lowest BCUT2D eigenvalue weighted by atomic mass is 9.63. The van der Waals surface area contributed by atoms with Gasteiger partial charge in [-0.2, -0.15) is 0 Å². The Hall–Kier alpha value is -1.63. The summed E-state index contributed by atoms with van der Waals surface area (Å²) in [6.45, 7) is 4.08. The van der Waals surface area contributed by atoms with Crippen LogP contribution in [0.5, 0.6) is 0 Å². The highest BCUT2D eigenvalue weighted by Crippen LogP contribution is 2.48. The highest BCUT2D eigenvalue weighted by molar-refractivity contribution is 5.84. The third-order valence-electron chi connectivity index (χ3n) is 8.30. The molecule has 0 N–H and O–H groups in total. The molecule has 0 heterocycles. The minimum atomic E-state index is -0.0129. The largest absolute Gasteiger partial charge is 0.212 e. The van der Waals surface area contributed by atoms with Crippen LogP contribution in [0.2, 0.25) is 0 Å². The Morgan fingerprint density at radius 3 is 2.55 bits per heavy atom. The zero-order valence-corrected chi connectivity index (χ0v) is 19.7. The second-order valence-electron chi connectivity index (χ2n) is 10.4. The summed E-state index contributed by atoms with van der Waals surface area (Å²) in [7, 11) is 0. The van der Waals surface area contributed by atoms with Gasteiger partial charge in [0.15, 0.2) is 0 Å². The molecule has 0 radical (unpaired) electrons. The fraction of sp³-hybridized carbons (Fsp3) is 0.600. The molecule has 0 aliphatic heterocycles. The molecule has 168 valence electrons. The number of allylic oxidation sites excluding steroid dienone is 2. The molecule has 0 nitrogen and oxygen atoms in total. The van der Waals surface area contributed by atoms with E-state index < -0.39 is 0 Å². The van der Waals surface area contributed by atoms with Crippen molar-refractivity contribution in [3.63, 3.8) is 0 Å². The molecule has 2 fully saturated rings. The number of hydrogen-bond donors (Lipinski definition) is 0. The molecule has 4 unspecified atom stereocenters. The van der Waals surface area contributed by atoms with Gasteiger partial charge in [0.25, 0.3) is 0 Å². The van der Waals surface area contributed by atoms with E-state index in [1.165, 1.54) is 80.5 Å². The molecule has 31 heavy (non-hydrogen) atoms. The molecule has 2 aliphatic rings. The molecule has 2 aromatic rings. The third-order valence-corrected chi connectivity index (χ3v) is 8.30. The Bertz CT molecular complexity index is 879. The molecular formula is C30H41F. The maximum atomic E-state index is 13.5. The molecule has 2 aromatic carbocycles. The molecule has 4 atom stereocenters. The molecular weight excluding hydrogens is 379 g/mol. The van der Waals surface area contributed by atoms with E-state index in [9.17, 15) is 4.39 Å². The number of rotatable bonds is 8. The van der Waals surface area contributed by atoms with Crippen molar-refractivity contribution in [2.24, 2.45) is 17.8 Å². The lowest BCUT2D eigenvalue weighted by Gasteiger charge is -2.42. The van der Waals surface area contributed by atoms with Crippen molar-refractivity contribution in [1.82, 2.24) is 0 Å². The van der Waals surface area contributed by atoms with Gasteiger partial charge in [-0.1, -0.05) is 81.5 Å². The zero-order chi connectivity index (χ0) is 21.6. The summed E-state index contributed by atoms with van der Waals surface area (Å²) in [5, 5.41) is 2.64. The fourth-order valence-electron chi connectivity index (χ4n) is 6.37. The first-order chi connectivity index (χ1) is 15.2. The van der Waals surface area contributed by atoms with Gasteiger partial charge in [0, 0.05) is 6.42 Å². The van der Waals surface area contributed by atoms with Gasteiger partial charge in [-0.3, -0.25) is 0 Å². The van der Waals surface area contributed by atoms with Crippen molar-refractivity contribution in [1.29, 1.82) is 0 Å². The van der Waals surface area contributed by atoms with Gasteiger partial charge < -0.3 is 0 Å². The minimum Gasteiger partial charge on any atom is -0.212 e. The minimum absolute atomic E-state index is 0.0129. The van der Waals surface area contributed by atoms with Gasteiger partial charge in [0.1, 0.15) is 0 Å². The summed E-state index contributed by atoms with van der Waals surface area (Å²) in [6.07, 6.45) is 17.2. The summed E-state index contributed by atoms with van der Waals surface area (Å²) in [5.74, 6) is 3.70. The molecule has 2 aliphatic carbocycles. The zero-order valence-electron chi connectivity index (χ0n) is 19.7. The summed E-state index contributed by atoms with van der Waals surface area (Å²) in [5.41, 5.74) is 2.78. The Morgan fingerprint density at radius 2 is 1.71 bits per heavy atom. The highest BCUT2D eigenvalue weighted by Gasteiger charge is 2.35. The Labute approximate surface area is 189 Å². The van der Waals surface area contributed by atoms with Gasteiger partial charge >= 0.3 is 0 Å². The van der Waals surface area contributed by atoms with Gasteiger partial charge in [0.2, 0.25) is 0 Å². The van der Waals surface area contributed by atoms with E-state index in [1.807, 2.05) is 0 Å². The number of fused-ring (bicyclic) bond motifs is 2. The van der Waals surface area contributed by atoms with E-state index in [0.29, 0.717) is 6.42 Å². The Morgan fingerprint density at radius 1 is 0.935 bits per heavy atom. The predicted molar refractivity (Wildman–Crippen MR) is 132 cm³/mol. The fourth-order valence-corrected chi connectivity index (χ4v) is 6.37. The first-order valence-electron chi connectivity index (χ1n) is 13.0. The molecule has 0 bridgehead atoms. The van der Waals surface area contributed by atoms with E-state index in [-0.39, 0.29) is 5.83 Å². The smallest absolute Gasteiger partial charge is 0.0960 e. The Balaban J connectivity index is 1.36. The second-order valence-corrected chi connectivity index (χ2v) is 10.4. The second kappa shape index (κ2) is 10.8. The van der Waals surface area contributed by atoms with Crippen LogP contribution >= 0.6 is 0 Å². The van der Waals surface area contributed by atoms with Crippen molar-refractivity contribution in [2.45, 2.75) is 96.8 Å². The van der Waals surface area contributed by atoms with Gasteiger partial charge in [-0.15, -0.1) is 0 Å². The molecule has 0 saturated heterocycles. The lowest BCUT2D eigenvalue weighted by molar-refractivity contribution is 0.113. The lowest BCUT2D eigenvalue weighted by Crippen LogP contribution is -2.30. The van der Waals surface area contributed by atoms with E-state index in [1.54, 1.807) is 18.6 Å². The van der Waals surface area contributed by atoms with Crippen LogP contribution in [0.3, 0.4) is 0 Å². The molecule has 0 aromatic heterocycles. The van der Waals surface area contributed by atoms with Crippen molar-refractivity contribution in [2.75, 3.05) is 0 Å². The topological polar surface area (TPSA) is 0 Å². The van der Waals surface area contributed by atoms with E-state index in [2.05, 4.69) is 43.3 Å². The van der Waals surface area contributed by atoms with Crippen LogP contribution in [-0.4, -0.2) is 0 Å². The highest BCUT2D eigenvalue weighted by atomic mass is 19.1. The van der Waals surface area contributed by atoms with Gasteiger partial charge in [-0.05, 0) is 91.0 Å². The van der Waals surface area contributed by atoms with Crippen LogP contribution in [-0.2, 0) is 6.42 Å². The summed E-state index contributed by atoms with van der Waals surface area (Å²) in [6, 6.07) is 13.8. The third kappa shape index (κ3) is 5.79.